The molecule has 3 N–H and O–H groups in total. The molecule has 0 aromatic heterocycles. The van der Waals surface area contributed by atoms with Gasteiger partial charge in [-0.25, -0.2) is 0 Å². The van der Waals surface area contributed by atoms with Crippen LogP contribution in [0.4, 0.5) is 5.69 Å². The smallest absolute Gasteiger partial charge is 0.265 e. The standard InChI is InChI=1S/C9H8BrN3O/c1-5-2-7(10)6(3-8(5)12)9(14)13-4-11/h2-3H,12H2,1H3,(H,13,14). The third-order valence-corrected chi connectivity index (χ3v) is 2.43. The van der Waals surface area contributed by atoms with E-state index in [0.717, 1.165) is 5.56 Å². The average Bonchev–Trinajstić information content (AvgIpc) is 2.11. The minimum absolute atomic E-state index is 0.356. The van der Waals surface area contributed by atoms with Crippen molar-refractivity contribution in [3.8, 4) is 6.19 Å². The fraction of sp³-hybridized carbons (Fsp3) is 0.111. The van der Waals surface area contributed by atoms with Gasteiger partial charge in [0.1, 0.15) is 0 Å². The summed E-state index contributed by atoms with van der Waals surface area (Å²) in [6.07, 6.45) is 1.57. The second kappa shape index (κ2) is 4.11. The van der Waals surface area contributed by atoms with Crippen molar-refractivity contribution in [3.05, 3.63) is 27.7 Å². The van der Waals surface area contributed by atoms with Crippen LogP contribution in [0.15, 0.2) is 16.6 Å². The third-order valence-electron chi connectivity index (χ3n) is 1.77. The average molecular weight is 254 g/mol. The molecule has 1 amide bonds. The van der Waals surface area contributed by atoms with Gasteiger partial charge in [0.15, 0.2) is 6.19 Å². The van der Waals surface area contributed by atoms with Gasteiger partial charge in [0.2, 0.25) is 0 Å². The van der Waals surface area contributed by atoms with E-state index in [1.54, 1.807) is 12.3 Å². The molecule has 0 fully saturated rings. The Morgan fingerprint density at radius 3 is 2.86 bits per heavy atom. The molecule has 1 aromatic rings. The number of nitrogens with zero attached hydrogens (tertiary/aromatic N) is 1. The zero-order valence-corrected chi connectivity index (χ0v) is 9.05. The van der Waals surface area contributed by atoms with Gasteiger partial charge in [-0.3, -0.25) is 10.1 Å². The van der Waals surface area contributed by atoms with Gasteiger partial charge in [0, 0.05) is 10.2 Å². The molecule has 4 nitrogen and oxygen atoms in total. The minimum Gasteiger partial charge on any atom is -0.398 e. The first-order valence-corrected chi connectivity index (χ1v) is 4.60. The first-order chi connectivity index (χ1) is 6.56. The Labute approximate surface area is 89.8 Å². The van der Waals surface area contributed by atoms with Crippen molar-refractivity contribution in [3.63, 3.8) is 0 Å². The number of hydrogen-bond acceptors (Lipinski definition) is 3. The Morgan fingerprint density at radius 1 is 1.64 bits per heavy atom. The predicted molar refractivity (Wildman–Crippen MR) is 56.4 cm³/mol. The summed E-state index contributed by atoms with van der Waals surface area (Å²) in [6.45, 7) is 1.84. The number of nitriles is 1. The molecule has 72 valence electrons. The number of amides is 1. The van der Waals surface area contributed by atoms with E-state index in [9.17, 15) is 4.79 Å². The molecular weight excluding hydrogens is 246 g/mol. The number of benzene rings is 1. The molecule has 0 aliphatic carbocycles. The number of nitrogens with two attached hydrogens (primary N) is 1. The van der Waals surface area contributed by atoms with Crippen LogP contribution in [0.5, 0.6) is 0 Å². The van der Waals surface area contributed by atoms with E-state index in [0.29, 0.717) is 15.7 Å². The fourth-order valence-corrected chi connectivity index (χ4v) is 1.62. The van der Waals surface area contributed by atoms with Crippen molar-refractivity contribution < 1.29 is 4.79 Å². The Morgan fingerprint density at radius 2 is 2.29 bits per heavy atom. The third kappa shape index (κ3) is 2.03. The van der Waals surface area contributed by atoms with Gasteiger partial charge >= 0.3 is 0 Å². The second-order valence-electron chi connectivity index (χ2n) is 2.75. The highest BCUT2D eigenvalue weighted by Gasteiger charge is 2.10. The lowest BCUT2D eigenvalue weighted by atomic mass is 10.1. The highest BCUT2D eigenvalue weighted by Crippen LogP contribution is 2.23. The van der Waals surface area contributed by atoms with Crippen LogP contribution in [0.25, 0.3) is 0 Å². The van der Waals surface area contributed by atoms with Gasteiger partial charge in [-0.2, -0.15) is 5.26 Å². The Hall–Kier alpha value is -1.54. The maximum Gasteiger partial charge on any atom is 0.265 e. The number of aryl methyl sites for hydroxylation is 1. The first kappa shape index (κ1) is 10.5. The summed E-state index contributed by atoms with van der Waals surface area (Å²) >= 11 is 3.23. The molecule has 14 heavy (non-hydrogen) atoms. The van der Waals surface area contributed by atoms with E-state index in [1.807, 2.05) is 12.2 Å². The SMILES string of the molecule is Cc1cc(Br)c(C(=O)NC#N)cc1N. The van der Waals surface area contributed by atoms with E-state index in [1.165, 1.54) is 6.07 Å². The predicted octanol–water partition coefficient (Wildman–Crippen LogP) is 1.55. The van der Waals surface area contributed by atoms with E-state index < -0.39 is 5.91 Å². The number of nitrogens with one attached hydrogen (secondary N) is 1. The summed E-state index contributed by atoms with van der Waals surface area (Å²) in [5, 5.41) is 10.3. The molecule has 0 atom stereocenters. The number of hydrogen-bond donors (Lipinski definition) is 2. The summed E-state index contributed by atoms with van der Waals surface area (Å²) in [4.78, 5) is 11.3. The van der Waals surface area contributed by atoms with Crippen molar-refractivity contribution in [2.75, 3.05) is 5.73 Å². The fourth-order valence-electron chi connectivity index (χ4n) is 0.982. The van der Waals surface area contributed by atoms with Crippen LogP contribution in [0.2, 0.25) is 0 Å². The van der Waals surface area contributed by atoms with Gasteiger partial charge in [-0.1, -0.05) is 0 Å². The molecule has 0 unspecified atom stereocenters. The van der Waals surface area contributed by atoms with Gasteiger partial charge in [-0.15, -0.1) is 0 Å². The van der Waals surface area contributed by atoms with Gasteiger partial charge in [-0.05, 0) is 40.5 Å². The summed E-state index contributed by atoms with van der Waals surface area (Å²) < 4.78 is 0.622. The van der Waals surface area contributed by atoms with Crippen LogP contribution in [-0.4, -0.2) is 5.91 Å². The lowest BCUT2D eigenvalue weighted by Gasteiger charge is -2.05. The quantitative estimate of drug-likeness (QED) is 0.453. The topological polar surface area (TPSA) is 78.9 Å². The molecule has 0 heterocycles. The van der Waals surface area contributed by atoms with E-state index in [2.05, 4.69) is 15.9 Å². The molecule has 1 aromatic carbocycles. The van der Waals surface area contributed by atoms with Crippen LogP contribution in [0, 0.1) is 18.4 Å². The minimum atomic E-state index is -0.467. The normalized spacial score (nSPS) is 9.21. The molecule has 5 heteroatoms. The molecule has 0 saturated heterocycles. The number of nitrogen functional groups attached to an aromatic ring is 1. The van der Waals surface area contributed by atoms with Crippen LogP contribution < -0.4 is 11.1 Å². The molecule has 0 radical (unpaired) electrons. The summed E-state index contributed by atoms with van der Waals surface area (Å²) in [5.41, 5.74) is 7.40. The second-order valence-corrected chi connectivity index (χ2v) is 3.61. The summed E-state index contributed by atoms with van der Waals surface area (Å²) in [5.74, 6) is -0.467. The van der Waals surface area contributed by atoms with Crippen LogP contribution in [-0.2, 0) is 0 Å². The van der Waals surface area contributed by atoms with Gasteiger partial charge in [0.05, 0.1) is 5.56 Å². The molecule has 0 aliphatic rings. The first-order valence-electron chi connectivity index (χ1n) is 3.81. The van der Waals surface area contributed by atoms with E-state index in [4.69, 9.17) is 11.0 Å². The molecule has 0 aliphatic heterocycles. The zero-order valence-electron chi connectivity index (χ0n) is 7.47. The summed E-state index contributed by atoms with van der Waals surface area (Å²) in [7, 11) is 0. The van der Waals surface area contributed by atoms with Crippen LogP contribution in [0.1, 0.15) is 15.9 Å². The van der Waals surface area contributed by atoms with Crippen molar-refractivity contribution in [1.82, 2.24) is 5.32 Å². The number of halogens is 1. The highest BCUT2D eigenvalue weighted by molar-refractivity contribution is 9.10. The van der Waals surface area contributed by atoms with E-state index in [-0.39, 0.29) is 0 Å². The monoisotopic (exact) mass is 253 g/mol. The lowest BCUT2D eigenvalue weighted by Crippen LogP contribution is -2.18. The summed E-state index contributed by atoms with van der Waals surface area (Å²) in [6, 6.07) is 3.27. The van der Waals surface area contributed by atoms with Crippen molar-refractivity contribution >= 4 is 27.5 Å². The van der Waals surface area contributed by atoms with Crippen LogP contribution >= 0.6 is 15.9 Å². The Balaban J connectivity index is 3.17. The highest BCUT2D eigenvalue weighted by atomic mass is 79.9. The largest absolute Gasteiger partial charge is 0.398 e. The molecule has 0 saturated carbocycles. The molecule has 0 bridgehead atoms. The van der Waals surface area contributed by atoms with Crippen molar-refractivity contribution in [1.29, 1.82) is 5.26 Å². The zero-order chi connectivity index (χ0) is 10.7. The van der Waals surface area contributed by atoms with Gasteiger partial charge in [0.25, 0.3) is 5.91 Å². The molecule has 1 rings (SSSR count). The van der Waals surface area contributed by atoms with Crippen molar-refractivity contribution in [2.45, 2.75) is 6.92 Å². The molecule has 0 spiro atoms. The number of rotatable bonds is 1. The number of anilines is 1. The Bertz CT molecular complexity index is 423. The lowest BCUT2D eigenvalue weighted by molar-refractivity contribution is 0.0972. The molecular formula is C9H8BrN3O. The number of carbonyl (C=O) groups excluding carboxylic acids is 1. The van der Waals surface area contributed by atoms with Crippen molar-refractivity contribution in [2.24, 2.45) is 0 Å². The Kier molecular flexibility index (Phi) is 3.10. The maximum atomic E-state index is 11.3. The van der Waals surface area contributed by atoms with Crippen LogP contribution in [0.3, 0.4) is 0 Å². The number of carbonyl (C=O) groups is 1. The van der Waals surface area contributed by atoms with E-state index >= 15 is 0 Å². The van der Waals surface area contributed by atoms with Gasteiger partial charge < -0.3 is 5.73 Å². The maximum absolute atomic E-state index is 11.3.